The van der Waals surface area contributed by atoms with Gasteiger partial charge in [-0.3, -0.25) is 4.79 Å². The molecule has 1 aromatic rings. The monoisotopic (exact) mass is 238 g/mol. The molecule has 0 bridgehead atoms. The Labute approximate surface area is 100 Å². The lowest BCUT2D eigenvalue weighted by Crippen LogP contribution is -2.54. The SMILES string of the molecule is CCc1noc(CC)c1CC(=O)N1CC(O)C1. The van der Waals surface area contributed by atoms with E-state index >= 15 is 0 Å². The summed E-state index contributed by atoms with van der Waals surface area (Å²) in [5.41, 5.74) is 1.80. The Morgan fingerprint density at radius 1 is 1.47 bits per heavy atom. The van der Waals surface area contributed by atoms with Gasteiger partial charge in [0.25, 0.3) is 0 Å². The van der Waals surface area contributed by atoms with Crippen LogP contribution >= 0.6 is 0 Å². The molecule has 1 aromatic heterocycles. The number of hydrogen-bond acceptors (Lipinski definition) is 4. The van der Waals surface area contributed by atoms with Crippen molar-refractivity contribution in [2.24, 2.45) is 0 Å². The van der Waals surface area contributed by atoms with Gasteiger partial charge in [-0.1, -0.05) is 19.0 Å². The molecule has 0 aromatic carbocycles. The van der Waals surface area contributed by atoms with Crippen LogP contribution in [-0.2, 0) is 24.1 Å². The minimum atomic E-state index is -0.349. The van der Waals surface area contributed by atoms with Crippen molar-refractivity contribution in [3.8, 4) is 0 Å². The molecule has 94 valence electrons. The van der Waals surface area contributed by atoms with Crippen LogP contribution in [-0.4, -0.2) is 40.3 Å². The lowest BCUT2D eigenvalue weighted by atomic mass is 10.0. The van der Waals surface area contributed by atoms with Gasteiger partial charge < -0.3 is 14.5 Å². The maximum atomic E-state index is 11.9. The molecular formula is C12H18N2O3. The van der Waals surface area contributed by atoms with Crippen molar-refractivity contribution < 1.29 is 14.4 Å². The smallest absolute Gasteiger partial charge is 0.227 e. The Morgan fingerprint density at radius 2 is 2.18 bits per heavy atom. The van der Waals surface area contributed by atoms with Gasteiger partial charge in [0.2, 0.25) is 5.91 Å². The second kappa shape index (κ2) is 4.87. The van der Waals surface area contributed by atoms with Crippen LogP contribution in [0.15, 0.2) is 4.52 Å². The molecule has 1 aliphatic heterocycles. The van der Waals surface area contributed by atoms with Crippen LogP contribution in [0, 0.1) is 0 Å². The molecule has 1 saturated heterocycles. The third kappa shape index (κ3) is 2.34. The Balaban J connectivity index is 2.06. The van der Waals surface area contributed by atoms with Gasteiger partial charge in [-0.25, -0.2) is 0 Å². The van der Waals surface area contributed by atoms with Crippen LogP contribution in [0.4, 0.5) is 0 Å². The molecule has 1 aliphatic rings. The highest BCUT2D eigenvalue weighted by molar-refractivity contribution is 5.80. The fraction of sp³-hybridized carbons (Fsp3) is 0.667. The minimum Gasteiger partial charge on any atom is -0.389 e. The zero-order valence-corrected chi connectivity index (χ0v) is 10.3. The molecule has 0 aliphatic carbocycles. The summed E-state index contributed by atoms with van der Waals surface area (Å²) in [6.07, 6.45) is 1.51. The number of amides is 1. The molecule has 0 radical (unpaired) electrons. The van der Waals surface area contributed by atoms with Crippen molar-refractivity contribution in [1.82, 2.24) is 10.1 Å². The zero-order chi connectivity index (χ0) is 12.4. The molecule has 1 fully saturated rings. The molecule has 5 nitrogen and oxygen atoms in total. The van der Waals surface area contributed by atoms with Crippen molar-refractivity contribution in [1.29, 1.82) is 0 Å². The normalized spacial score (nSPS) is 16.1. The fourth-order valence-electron chi connectivity index (χ4n) is 2.06. The highest BCUT2D eigenvalue weighted by Crippen LogP contribution is 2.19. The minimum absolute atomic E-state index is 0.0444. The predicted octanol–water partition coefficient (Wildman–Crippen LogP) is 0.545. The summed E-state index contributed by atoms with van der Waals surface area (Å²) in [5, 5.41) is 13.2. The summed E-state index contributed by atoms with van der Waals surface area (Å²) >= 11 is 0. The first-order chi connectivity index (χ1) is 8.15. The number of rotatable bonds is 4. The molecule has 0 atom stereocenters. The largest absolute Gasteiger partial charge is 0.389 e. The van der Waals surface area contributed by atoms with E-state index in [1.165, 1.54) is 0 Å². The number of hydrogen-bond donors (Lipinski definition) is 1. The van der Waals surface area contributed by atoms with Gasteiger partial charge in [-0.05, 0) is 6.42 Å². The number of aliphatic hydroxyl groups excluding tert-OH is 1. The number of β-amino-alcohol motifs (C(OH)–C–C–N with tert-alkyl or cyclic N) is 1. The van der Waals surface area contributed by atoms with E-state index in [4.69, 9.17) is 4.52 Å². The Bertz CT molecular complexity index is 386. The first-order valence-corrected chi connectivity index (χ1v) is 6.07. The van der Waals surface area contributed by atoms with Crippen molar-refractivity contribution in [2.75, 3.05) is 13.1 Å². The van der Waals surface area contributed by atoms with E-state index in [0.29, 0.717) is 19.5 Å². The predicted molar refractivity (Wildman–Crippen MR) is 61.5 cm³/mol. The van der Waals surface area contributed by atoms with E-state index in [2.05, 4.69) is 5.16 Å². The zero-order valence-electron chi connectivity index (χ0n) is 10.3. The lowest BCUT2D eigenvalue weighted by Gasteiger charge is -2.35. The van der Waals surface area contributed by atoms with E-state index in [1.54, 1.807) is 4.90 Å². The Hall–Kier alpha value is -1.36. The molecule has 17 heavy (non-hydrogen) atoms. The summed E-state index contributed by atoms with van der Waals surface area (Å²) in [6.45, 7) is 4.89. The molecule has 2 heterocycles. The highest BCUT2D eigenvalue weighted by Gasteiger charge is 2.30. The van der Waals surface area contributed by atoms with E-state index < -0.39 is 0 Å². The maximum absolute atomic E-state index is 11.9. The van der Waals surface area contributed by atoms with Gasteiger partial charge in [0.1, 0.15) is 5.76 Å². The summed E-state index contributed by atoms with van der Waals surface area (Å²) in [4.78, 5) is 13.6. The van der Waals surface area contributed by atoms with Crippen molar-refractivity contribution >= 4 is 5.91 Å². The maximum Gasteiger partial charge on any atom is 0.227 e. The van der Waals surface area contributed by atoms with Crippen LogP contribution in [0.25, 0.3) is 0 Å². The number of nitrogens with zero attached hydrogens (tertiary/aromatic N) is 2. The number of carbonyl (C=O) groups excluding carboxylic acids is 1. The molecule has 1 amide bonds. The topological polar surface area (TPSA) is 66.6 Å². The number of likely N-dealkylation sites (tertiary alicyclic amines) is 1. The molecule has 5 heteroatoms. The quantitative estimate of drug-likeness (QED) is 0.831. The van der Waals surface area contributed by atoms with E-state index in [9.17, 15) is 9.90 Å². The second-order valence-corrected chi connectivity index (χ2v) is 4.37. The fourth-order valence-corrected chi connectivity index (χ4v) is 2.06. The average molecular weight is 238 g/mol. The Morgan fingerprint density at radius 3 is 2.71 bits per heavy atom. The van der Waals surface area contributed by atoms with Crippen molar-refractivity contribution in [3.63, 3.8) is 0 Å². The number of aliphatic hydroxyl groups is 1. The number of aromatic nitrogens is 1. The Kier molecular flexibility index (Phi) is 3.47. The van der Waals surface area contributed by atoms with Gasteiger partial charge in [0.15, 0.2) is 0 Å². The highest BCUT2D eigenvalue weighted by atomic mass is 16.5. The molecule has 1 N–H and O–H groups in total. The summed E-state index contributed by atoms with van der Waals surface area (Å²) in [6, 6.07) is 0. The van der Waals surface area contributed by atoms with Crippen LogP contribution in [0.5, 0.6) is 0 Å². The van der Waals surface area contributed by atoms with Gasteiger partial charge in [0, 0.05) is 25.1 Å². The second-order valence-electron chi connectivity index (χ2n) is 4.37. The van der Waals surface area contributed by atoms with Gasteiger partial charge in [-0.2, -0.15) is 0 Å². The lowest BCUT2D eigenvalue weighted by molar-refractivity contribution is -0.140. The third-order valence-electron chi connectivity index (χ3n) is 3.15. The van der Waals surface area contributed by atoms with Crippen LogP contribution < -0.4 is 0 Å². The first-order valence-electron chi connectivity index (χ1n) is 6.07. The van der Waals surface area contributed by atoms with E-state index in [0.717, 1.165) is 29.9 Å². The summed E-state index contributed by atoms with van der Waals surface area (Å²) < 4.78 is 5.22. The molecule has 0 unspecified atom stereocenters. The van der Waals surface area contributed by atoms with Gasteiger partial charge in [-0.15, -0.1) is 0 Å². The van der Waals surface area contributed by atoms with Gasteiger partial charge >= 0.3 is 0 Å². The van der Waals surface area contributed by atoms with Gasteiger partial charge in [0.05, 0.1) is 18.2 Å². The average Bonchev–Trinajstić information content (AvgIpc) is 2.66. The van der Waals surface area contributed by atoms with Crippen LogP contribution in [0.3, 0.4) is 0 Å². The molecular weight excluding hydrogens is 220 g/mol. The van der Waals surface area contributed by atoms with E-state index in [1.807, 2.05) is 13.8 Å². The standard InChI is InChI=1S/C12H18N2O3/c1-3-10-9(11(4-2)17-13-10)5-12(16)14-6-8(15)7-14/h8,15H,3-7H2,1-2H3. The van der Waals surface area contributed by atoms with Crippen molar-refractivity contribution in [3.05, 3.63) is 17.0 Å². The third-order valence-corrected chi connectivity index (χ3v) is 3.15. The molecule has 0 saturated carbocycles. The van der Waals surface area contributed by atoms with Crippen LogP contribution in [0.1, 0.15) is 30.9 Å². The van der Waals surface area contributed by atoms with E-state index in [-0.39, 0.29) is 12.0 Å². The van der Waals surface area contributed by atoms with Crippen molar-refractivity contribution in [2.45, 2.75) is 39.2 Å². The molecule has 2 rings (SSSR count). The van der Waals surface area contributed by atoms with Crippen LogP contribution in [0.2, 0.25) is 0 Å². The number of aryl methyl sites for hydroxylation is 2. The number of carbonyl (C=O) groups is 1. The summed E-state index contributed by atoms with van der Waals surface area (Å²) in [7, 11) is 0. The first kappa shape index (κ1) is 12.1. The summed E-state index contributed by atoms with van der Waals surface area (Å²) in [5.74, 6) is 0.846. The molecule has 0 spiro atoms.